The third-order valence-corrected chi connectivity index (χ3v) is 3.58. The van der Waals surface area contributed by atoms with Gasteiger partial charge in [0.15, 0.2) is 0 Å². The largest absolute Gasteiger partial charge is 0.412 e. The Bertz CT molecular complexity index is 704. The highest BCUT2D eigenvalue weighted by Gasteiger charge is 2.08. The summed E-state index contributed by atoms with van der Waals surface area (Å²) in [6.45, 7) is 3.95. The first-order chi connectivity index (χ1) is 10.4. The van der Waals surface area contributed by atoms with Crippen molar-refractivity contribution in [3.8, 4) is 11.4 Å². The molecule has 22 heavy (non-hydrogen) atoms. The van der Waals surface area contributed by atoms with Crippen LogP contribution in [0.15, 0.2) is 60.8 Å². The van der Waals surface area contributed by atoms with Crippen LogP contribution in [-0.2, 0) is 12.8 Å². The molecule has 0 saturated heterocycles. The van der Waals surface area contributed by atoms with Gasteiger partial charge in [-0.15, -0.1) is 0 Å². The molecule has 0 spiro atoms. The number of imidazole rings is 1. The molecule has 3 aromatic rings. The van der Waals surface area contributed by atoms with Gasteiger partial charge in [0.05, 0.1) is 5.69 Å². The number of nitrogens with zero attached hydrogens (tertiary/aromatic N) is 1. The fourth-order valence-corrected chi connectivity index (χ4v) is 2.55. The van der Waals surface area contributed by atoms with Crippen molar-refractivity contribution in [2.24, 2.45) is 0 Å². The number of hydrogen-bond donors (Lipinski definition) is 1. The molecule has 0 aliphatic rings. The molecule has 0 atom stereocenters. The maximum absolute atomic E-state index is 4.74. The standard InChI is InChI=1S/C19H19N2.H2O/c1-2-8-16-11-6-7-12-18(16)19-20-14-17(21-19)13-15-9-4-3-5-10-15;/h3-7,9-12,14H,1-2,8,13H2,(H,20,21);1H2. The fraction of sp³-hybridized carbons (Fsp3) is 0.158. The molecule has 0 unspecified atom stereocenters. The van der Waals surface area contributed by atoms with Gasteiger partial charge in [-0.1, -0.05) is 61.5 Å². The molecule has 0 aliphatic carbocycles. The summed E-state index contributed by atoms with van der Waals surface area (Å²) in [6.07, 6.45) is 4.73. The lowest BCUT2D eigenvalue weighted by atomic mass is 10.0. The molecule has 3 nitrogen and oxygen atoms in total. The molecule has 113 valence electrons. The Morgan fingerprint density at radius 3 is 2.45 bits per heavy atom. The smallest absolute Gasteiger partial charge is 0.137 e. The Labute approximate surface area is 131 Å². The summed E-state index contributed by atoms with van der Waals surface area (Å²) in [6, 6.07) is 18.8. The average Bonchev–Trinajstić information content (AvgIpc) is 2.97. The summed E-state index contributed by atoms with van der Waals surface area (Å²) < 4.78 is 0. The van der Waals surface area contributed by atoms with Crippen molar-refractivity contribution in [3.05, 3.63) is 84.5 Å². The van der Waals surface area contributed by atoms with Crippen molar-refractivity contribution in [3.63, 3.8) is 0 Å². The zero-order valence-corrected chi connectivity index (χ0v) is 12.5. The normalized spacial score (nSPS) is 10.2. The van der Waals surface area contributed by atoms with E-state index in [9.17, 15) is 0 Å². The van der Waals surface area contributed by atoms with Crippen molar-refractivity contribution in [1.29, 1.82) is 0 Å². The highest BCUT2D eigenvalue weighted by atomic mass is 16.0. The molecule has 3 N–H and O–H groups in total. The third kappa shape index (κ3) is 3.62. The summed E-state index contributed by atoms with van der Waals surface area (Å²) >= 11 is 0. The van der Waals surface area contributed by atoms with E-state index in [1.165, 1.54) is 16.7 Å². The second-order valence-corrected chi connectivity index (χ2v) is 5.16. The Balaban J connectivity index is 0.00000176. The summed E-state index contributed by atoms with van der Waals surface area (Å²) in [5.41, 5.74) is 4.83. The molecular formula is C19H21N2O. The molecule has 0 aliphatic heterocycles. The van der Waals surface area contributed by atoms with Crippen LogP contribution in [0.4, 0.5) is 0 Å². The van der Waals surface area contributed by atoms with Gasteiger partial charge >= 0.3 is 0 Å². The zero-order chi connectivity index (χ0) is 14.5. The fourth-order valence-electron chi connectivity index (χ4n) is 2.55. The van der Waals surface area contributed by atoms with Crippen LogP contribution in [0.25, 0.3) is 11.4 Å². The minimum atomic E-state index is 0. The number of H-pyrrole nitrogens is 1. The molecule has 1 aromatic heterocycles. The van der Waals surface area contributed by atoms with Crippen molar-refractivity contribution in [2.45, 2.75) is 19.3 Å². The van der Waals surface area contributed by atoms with Crippen molar-refractivity contribution >= 4 is 0 Å². The van der Waals surface area contributed by atoms with Crippen LogP contribution in [0.2, 0.25) is 0 Å². The predicted molar refractivity (Wildman–Crippen MR) is 90.6 cm³/mol. The lowest BCUT2D eigenvalue weighted by Gasteiger charge is -2.05. The molecule has 2 aromatic carbocycles. The lowest BCUT2D eigenvalue weighted by Crippen LogP contribution is -1.91. The van der Waals surface area contributed by atoms with Gasteiger partial charge in [-0.3, -0.25) is 0 Å². The first-order valence-electron chi connectivity index (χ1n) is 7.32. The van der Waals surface area contributed by atoms with Gasteiger partial charge in [0, 0.05) is 18.2 Å². The van der Waals surface area contributed by atoms with E-state index in [1.807, 2.05) is 12.3 Å². The minimum Gasteiger partial charge on any atom is -0.412 e. The van der Waals surface area contributed by atoms with Crippen LogP contribution < -0.4 is 0 Å². The highest BCUT2D eigenvalue weighted by Crippen LogP contribution is 2.22. The van der Waals surface area contributed by atoms with Gasteiger partial charge in [0.25, 0.3) is 0 Å². The number of nitrogens with one attached hydrogen (secondary N) is 1. The van der Waals surface area contributed by atoms with Crippen molar-refractivity contribution in [1.82, 2.24) is 9.97 Å². The molecule has 0 amide bonds. The first kappa shape index (κ1) is 16.0. The second kappa shape index (κ2) is 7.57. The van der Waals surface area contributed by atoms with E-state index in [2.05, 4.69) is 60.4 Å². The van der Waals surface area contributed by atoms with E-state index in [0.717, 1.165) is 30.8 Å². The van der Waals surface area contributed by atoms with Crippen LogP contribution in [0.1, 0.15) is 23.2 Å². The quantitative estimate of drug-likeness (QED) is 0.767. The summed E-state index contributed by atoms with van der Waals surface area (Å²) in [7, 11) is 0. The van der Waals surface area contributed by atoms with E-state index in [4.69, 9.17) is 4.98 Å². The predicted octanol–water partition coefficient (Wildman–Crippen LogP) is 3.61. The number of aromatic nitrogens is 2. The number of benzene rings is 2. The third-order valence-electron chi connectivity index (χ3n) is 3.58. The Hall–Kier alpha value is -2.39. The maximum atomic E-state index is 4.74. The van der Waals surface area contributed by atoms with E-state index >= 15 is 0 Å². The van der Waals surface area contributed by atoms with Crippen LogP contribution in [0, 0.1) is 6.92 Å². The number of hydrogen-bond acceptors (Lipinski definition) is 1. The van der Waals surface area contributed by atoms with Gasteiger partial charge in [-0.2, -0.15) is 0 Å². The van der Waals surface area contributed by atoms with Crippen LogP contribution in [0.5, 0.6) is 0 Å². The minimum absolute atomic E-state index is 0. The maximum Gasteiger partial charge on any atom is 0.137 e. The van der Waals surface area contributed by atoms with E-state index in [0.29, 0.717) is 0 Å². The van der Waals surface area contributed by atoms with Crippen molar-refractivity contribution in [2.75, 3.05) is 0 Å². The summed E-state index contributed by atoms with van der Waals surface area (Å²) in [4.78, 5) is 8.05. The molecule has 0 bridgehead atoms. The number of aryl methyl sites for hydroxylation is 1. The molecule has 1 radical (unpaired) electrons. The summed E-state index contributed by atoms with van der Waals surface area (Å²) in [5.74, 6) is 0.949. The molecule has 0 fully saturated rings. The highest BCUT2D eigenvalue weighted by molar-refractivity contribution is 5.60. The molecule has 0 saturated carbocycles. The Morgan fingerprint density at radius 2 is 1.68 bits per heavy atom. The van der Waals surface area contributed by atoms with Gasteiger partial charge in [0.1, 0.15) is 5.82 Å². The van der Waals surface area contributed by atoms with Crippen LogP contribution >= 0.6 is 0 Å². The molecule has 3 rings (SSSR count). The molecule has 1 heterocycles. The Morgan fingerprint density at radius 1 is 0.955 bits per heavy atom. The number of rotatable bonds is 5. The van der Waals surface area contributed by atoms with Crippen molar-refractivity contribution < 1.29 is 5.48 Å². The van der Waals surface area contributed by atoms with Crippen LogP contribution in [0.3, 0.4) is 0 Å². The monoisotopic (exact) mass is 293 g/mol. The topological polar surface area (TPSA) is 60.2 Å². The average molecular weight is 293 g/mol. The zero-order valence-electron chi connectivity index (χ0n) is 12.5. The van der Waals surface area contributed by atoms with Gasteiger partial charge in [0.2, 0.25) is 0 Å². The van der Waals surface area contributed by atoms with Gasteiger partial charge < -0.3 is 10.5 Å². The molecular weight excluding hydrogens is 272 g/mol. The van der Waals surface area contributed by atoms with E-state index in [-0.39, 0.29) is 5.48 Å². The van der Waals surface area contributed by atoms with E-state index < -0.39 is 0 Å². The Kier molecular flexibility index (Phi) is 5.50. The van der Waals surface area contributed by atoms with E-state index in [1.54, 1.807) is 0 Å². The SMILES string of the molecule is O.[CH2]CCc1ccccc1-c1nc(Cc2ccccc2)c[nH]1. The second-order valence-electron chi connectivity index (χ2n) is 5.16. The van der Waals surface area contributed by atoms with Gasteiger partial charge in [-0.25, -0.2) is 4.98 Å². The van der Waals surface area contributed by atoms with Crippen LogP contribution in [-0.4, -0.2) is 15.4 Å². The summed E-state index contributed by atoms with van der Waals surface area (Å²) in [5, 5.41) is 0. The lowest BCUT2D eigenvalue weighted by molar-refractivity contribution is 0.824. The first-order valence-corrected chi connectivity index (χ1v) is 7.32. The number of aromatic amines is 1. The van der Waals surface area contributed by atoms with Gasteiger partial charge in [-0.05, 0) is 24.0 Å². The molecule has 3 heteroatoms.